The van der Waals surface area contributed by atoms with Crippen LogP contribution in [0, 0.1) is 6.92 Å². The smallest absolute Gasteiger partial charge is 0.326 e. The number of carboxylic acids is 1. The van der Waals surface area contributed by atoms with E-state index in [1.54, 1.807) is 0 Å². The third kappa shape index (κ3) is 4.13. The van der Waals surface area contributed by atoms with Gasteiger partial charge in [-0.3, -0.25) is 4.79 Å². The standard InChI is InChI=1S/C14H21NO3/c1-11-5-7-12(8-6-11)4-2-3-9-14(15,10-16)13(17)18/h5-8,16H,2-4,9-10,15H2,1H3,(H,17,18). The van der Waals surface area contributed by atoms with Crippen LogP contribution in [0.2, 0.25) is 0 Å². The number of aliphatic carboxylic acids is 1. The highest BCUT2D eigenvalue weighted by molar-refractivity contribution is 5.78. The van der Waals surface area contributed by atoms with Crippen molar-refractivity contribution < 1.29 is 15.0 Å². The molecule has 1 aromatic rings. The number of aliphatic hydroxyl groups is 1. The Hall–Kier alpha value is -1.39. The number of nitrogens with two attached hydrogens (primary N) is 1. The lowest BCUT2D eigenvalue weighted by atomic mass is 9.93. The number of aliphatic hydroxyl groups excluding tert-OH is 1. The lowest BCUT2D eigenvalue weighted by Gasteiger charge is -2.21. The molecule has 0 amide bonds. The molecule has 1 aromatic carbocycles. The van der Waals surface area contributed by atoms with Crippen molar-refractivity contribution in [2.24, 2.45) is 5.73 Å². The molecule has 1 unspecified atom stereocenters. The molecule has 0 aliphatic rings. The second-order valence-electron chi connectivity index (χ2n) is 4.81. The maximum atomic E-state index is 10.9. The third-order valence-electron chi connectivity index (χ3n) is 3.17. The molecule has 0 aliphatic heterocycles. The van der Waals surface area contributed by atoms with Crippen LogP contribution in [0.4, 0.5) is 0 Å². The first-order chi connectivity index (χ1) is 8.48. The van der Waals surface area contributed by atoms with E-state index in [-0.39, 0.29) is 0 Å². The fourth-order valence-corrected chi connectivity index (χ4v) is 1.78. The molecule has 4 heteroatoms. The first-order valence-corrected chi connectivity index (χ1v) is 6.16. The van der Waals surface area contributed by atoms with Gasteiger partial charge in [-0.25, -0.2) is 0 Å². The molecule has 1 rings (SSSR count). The Labute approximate surface area is 107 Å². The average Bonchev–Trinajstić information content (AvgIpc) is 2.36. The van der Waals surface area contributed by atoms with Crippen molar-refractivity contribution in [2.45, 2.75) is 38.1 Å². The van der Waals surface area contributed by atoms with Crippen LogP contribution in [0.25, 0.3) is 0 Å². The molecule has 4 nitrogen and oxygen atoms in total. The van der Waals surface area contributed by atoms with Crippen molar-refractivity contribution in [3.8, 4) is 0 Å². The Morgan fingerprint density at radius 2 is 1.89 bits per heavy atom. The fourth-order valence-electron chi connectivity index (χ4n) is 1.78. The first-order valence-electron chi connectivity index (χ1n) is 6.16. The highest BCUT2D eigenvalue weighted by atomic mass is 16.4. The largest absolute Gasteiger partial charge is 0.480 e. The summed E-state index contributed by atoms with van der Waals surface area (Å²) in [5.74, 6) is -1.14. The number of carbonyl (C=O) groups is 1. The second-order valence-corrected chi connectivity index (χ2v) is 4.81. The van der Waals surface area contributed by atoms with E-state index < -0.39 is 18.1 Å². The van der Waals surface area contributed by atoms with Crippen LogP contribution < -0.4 is 5.73 Å². The van der Waals surface area contributed by atoms with Gasteiger partial charge >= 0.3 is 5.97 Å². The summed E-state index contributed by atoms with van der Waals surface area (Å²) in [6.07, 6.45) is 2.76. The number of aryl methyl sites for hydroxylation is 2. The van der Waals surface area contributed by atoms with Crippen molar-refractivity contribution in [3.05, 3.63) is 35.4 Å². The Balaban J connectivity index is 2.34. The van der Waals surface area contributed by atoms with Gasteiger partial charge in [0.2, 0.25) is 0 Å². The molecular formula is C14H21NO3. The van der Waals surface area contributed by atoms with E-state index in [0.717, 1.165) is 12.8 Å². The molecule has 0 fully saturated rings. The van der Waals surface area contributed by atoms with Crippen LogP contribution in [0.5, 0.6) is 0 Å². The van der Waals surface area contributed by atoms with Gasteiger partial charge < -0.3 is 15.9 Å². The van der Waals surface area contributed by atoms with Crippen LogP contribution >= 0.6 is 0 Å². The predicted molar refractivity (Wildman–Crippen MR) is 70.4 cm³/mol. The molecule has 0 aliphatic carbocycles. The van der Waals surface area contributed by atoms with Gasteiger partial charge in [-0.15, -0.1) is 0 Å². The zero-order chi connectivity index (χ0) is 13.6. The molecule has 0 aromatic heterocycles. The van der Waals surface area contributed by atoms with Crippen LogP contribution in [-0.4, -0.2) is 28.3 Å². The third-order valence-corrected chi connectivity index (χ3v) is 3.17. The minimum absolute atomic E-state index is 0.296. The summed E-state index contributed by atoms with van der Waals surface area (Å²) in [6, 6.07) is 8.28. The Morgan fingerprint density at radius 3 is 2.39 bits per heavy atom. The monoisotopic (exact) mass is 251 g/mol. The lowest BCUT2D eigenvalue weighted by molar-refractivity contribution is -0.145. The van der Waals surface area contributed by atoms with E-state index in [1.165, 1.54) is 11.1 Å². The van der Waals surface area contributed by atoms with Gasteiger partial charge in [0.15, 0.2) is 0 Å². The van der Waals surface area contributed by atoms with Crippen LogP contribution in [-0.2, 0) is 11.2 Å². The molecule has 0 saturated heterocycles. The summed E-state index contributed by atoms with van der Waals surface area (Å²) in [5.41, 5.74) is 6.56. The maximum absolute atomic E-state index is 10.9. The average molecular weight is 251 g/mol. The number of unbranched alkanes of at least 4 members (excludes halogenated alkanes) is 1. The summed E-state index contributed by atoms with van der Waals surface area (Å²) >= 11 is 0. The summed E-state index contributed by atoms with van der Waals surface area (Å²) in [6.45, 7) is 1.52. The normalized spacial score (nSPS) is 14.2. The number of benzene rings is 1. The van der Waals surface area contributed by atoms with Crippen molar-refractivity contribution in [1.82, 2.24) is 0 Å². The number of hydrogen-bond donors (Lipinski definition) is 3. The summed E-state index contributed by atoms with van der Waals surface area (Å²) < 4.78 is 0. The molecule has 0 heterocycles. The summed E-state index contributed by atoms with van der Waals surface area (Å²) in [4.78, 5) is 10.9. The molecule has 100 valence electrons. The second kappa shape index (κ2) is 6.52. The minimum atomic E-state index is -1.49. The van der Waals surface area contributed by atoms with E-state index in [9.17, 15) is 4.79 Å². The van der Waals surface area contributed by atoms with Gasteiger partial charge in [0.05, 0.1) is 6.61 Å². The molecule has 0 bridgehead atoms. The SMILES string of the molecule is Cc1ccc(CCCCC(N)(CO)C(=O)O)cc1. The van der Waals surface area contributed by atoms with E-state index in [1.807, 2.05) is 6.92 Å². The van der Waals surface area contributed by atoms with E-state index in [4.69, 9.17) is 15.9 Å². The Bertz CT molecular complexity index is 389. The molecule has 0 radical (unpaired) electrons. The first kappa shape index (κ1) is 14.7. The highest BCUT2D eigenvalue weighted by Gasteiger charge is 2.32. The zero-order valence-corrected chi connectivity index (χ0v) is 10.7. The van der Waals surface area contributed by atoms with Crippen LogP contribution in [0.15, 0.2) is 24.3 Å². The molecular weight excluding hydrogens is 230 g/mol. The van der Waals surface area contributed by atoms with Crippen molar-refractivity contribution in [2.75, 3.05) is 6.61 Å². The summed E-state index contributed by atoms with van der Waals surface area (Å²) in [5, 5.41) is 17.9. The number of carboxylic acid groups (broad SMARTS) is 1. The van der Waals surface area contributed by atoms with E-state index in [0.29, 0.717) is 12.8 Å². The van der Waals surface area contributed by atoms with Crippen LogP contribution in [0.1, 0.15) is 30.4 Å². The molecule has 4 N–H and O–H groups in total. The Morgan fingerprint density at radius 1 is 1.28 bits per heavy atom. The molecule has 0 spiro atoms. The van der Waals surface area contributed by atoms with Crippen molar-refractivity contribution in [3.63, 3.8) is 0 Å². The van der Waals surface area contributed by atoms with Gasteiger partial charge in [0.1, 0.15) is 5.54 Å². The quantitative estimate of drug-likeness (QED) is 0.641. The highest BCUT2D eigenvalue weighted by Crippen LogP contribution is 2.14. The van der Waals surface area contributed by atoms with Crippen LogP contribution in [0.3, 0.4) is 0 Å². The van der Waals surface area contributed by atoms with Gasteiger partial charge in [0, 0.05) is 0 Å². The van der Waals surface area contributed by atoms with Crippen molar-refractivity contribution in [1.29, 1.82) is 0 Å². The van der Waals surface area contributed by atoms with Gasteiger partial charge in [-0.05, 0) is 31.7 Å². The van der Waals surface area contributed by atoms with Gasteiger partial charge in [0.25, 0.3) is 0 Å². The Kier molecular flexibility index (Phi) is 5.31. The minimum Gasteiger partial charge on any atom is -0.480 e. The van der Waals surface area contributed by atoms with Gasteiger partial charge in [-0.1, -0.05) is 36.2 Å². The molecule has 0 saturated carbocycles. The molecule has 1 atom stereocenters. The zero-order valence-electron chi connectivity index (χ0n) is 10.7. The topological polar surface area (TPSA) is 83.5 Å². The number of rotatable bonds is 7. The fraction of sp³-hybridized carbons (Fsp3) is 0.500. The number of hydrogen-bond acceptors (Lipinski definition) is 3. The van der Waals surface area contributed by atoms with E-state index in [2.05, 4.69) is 24.3 Å². The van der Waals surface area contributed by atoms with Crippen molar-refractivity contribution >= 4 is 5.97 Å². The van der Waals surface area contributed by atoms with E-state index >= 15 is 0 Å². The predicted octanol–water partition coefficient (Wildman–Crippen LogP) is 1.48. The van der Waals surface area contributed by atoms with Gasteiger partial charge in [-0.2, -0.15) is 0 Å². The molecule has 18 heavy (non-hydrogen) atoms. The summed E-state index contributed by atoms with van der Waals surface area (Å²) in [7, 11) is 0. The lowest BCUT2D eigenvalue weighted by Crippen LogP contribution is -2.51. The maximum Gasteiger partial charge on any atom is 0.326 e.